The maximum atomic E-state index is 4.71. The highest BCUT2D eigenvalue weighted by molar-refractivity contribution is 6.12. The minimum absolute atomic E-state index is 0.912. The minimum Gasteiger partial charge on any atom is -0.334 e. The molecular formula is C33H23N5. The molecule has 5 nitrogen and oxygen atoms in total. The second-order valence-corrected chi connectivity index (χ2v) is 9.69. The van der Waals surface area contributed by atoms with Crippen LogP contribution in [0.4, 0.5) is 0 Å². The Balaban J connectivity index is 1.47. The van der Waals surface area contributed by atoms with E-state index in [1.807, 2.05) is 37.8 Å². The van der Waals surface area contributed by atoms with Crippen LogP contribution in [0.15, 0.2) is 122 Å². The molecule has 4 aromatic carbocycles. The fourth-order valence-electron chi connectivity index (χ4n) is 5.86. The van der Waals surface area contributed by atoms with Crippen LogP contribution in [-0.2, 0) is 7.05 Å². The Hall–Kier alpha value is -5.16. The molecule has 0 aliphatic heterocycles. The zero-order chi connectivity index (χ0) is 25.2. The summed E-state index contributed by atoms with van der Waals surface area (Å²) in [6.45, 7) is 0. The van der Waals surface area contributed by atoms with Crippen LogP contribution in [0.5, 0.6) is 0 Å². The molecule has 0 spiro atoms. The van der Waals surface area contributed by atoms with Gasteiger partial charge in [0.15, 0.2) is 0 Å². The zero-order valence-electron chi connectivity index (χ0n) is 20.8. The normalized spacial score (nSPS) is 11.8. The van der Waals surface area contributed by atoms with Crippen LogP contribution in [0.2, 0.25) is 0 Å². The summed E-state index contributed by atoms with van der Waals surface area (Å²) < 4.78 is 6.70. The summed E-state index contributed by atoms with van der Waals surface area (Å²) in [5, 5.41) is 4.90. The van der Waals surface area contributed by atoms with Gasteiger partial charge in [-0.2, -0.15) is 0 Å². The molecule has 0 N–H and O–H groups in total. The number of rotatable bonds is 3. The molecule has 5 heteroatoms. The number of nitrogens with zero attached hydrogens (tertiary/aromatic N) is 5. The summed E-state index contributed by atoms with van der Waals surface area (Å²) in [5.74, 6) is 1.87. The van der Waals surface area contributed by atoms with E-state index in [1.165, 1.54) is 27.1 Å². The van der Waals surface area contributed by atoms with Gasteiger partial charge in [-0.05, 0) is 42.5 Å². The Bertz CT molecular complexity index is 2140. The number of benzene rings is 4. The van der Waals surface area contributed by atoms with Gasteiger partial charge in [0.1, 0.15) is 11.6 Å². The molecule has 8 rings (SSSR count). The second kappa shape index (κ2) is 7.92. The molecule has 180 valence electrons. The van der Waals surface area contributed by atoms with Crippen LogP contribution in [0.1, 0.15) is 0 Å². The molecular weight excluding hydrogens is 466 g/mol. The maximum absolute atomic E-state index is 4.71. The van der Waals surface area contributed by atoms with Gasteiger partial charge >= 0.3 is 0 Å². The van der Waals surface area contributed by atoms with Crippen molar-refractivity contribution in [3.05, 3.63) is 122 Å². The number of aromatic nitrogens is 5. The van der Waals surface area contributed by atoms with Gasteiger partial charge in [0.25, 0.3) is 0 Å². The highest BCUT2D eigenvalue weighted by Gasteiger charge is 2.17. The molecule has 0 saturated carbocycles. The van der Waals surface area contributed by atoms with E-state index < -0.39 is 0 Å². The van der Waals surface area contributed by atoms with Gasteiger partial charge in [-0.15, -0.1) is 0 Å². The van der Waals surface area contributed by atoms with Crippen molar-refractivity contribution in [3.8, 4) is 22.9 Å². The monoisotopic (exact) mass is 489 g/mol. The average molecular weight is 490 g/mol. The molecule has 0 fully saturated rings. The largest absolute Gasteiger partial charge is 0.334 e. The van der Waals surface area contributed by atoms with Crippen molar-refractivity contribution in [1.29, 1.82) is 0 Å². The fourth-order valence-corrected chi connectivity index (χ4v) is 5.86. The number of hydrogen-bond donors (Lipinski definition) is 0. The second-order valence-electron chi connectivity index (χ2n) is 9.69. The van der Waals surface area contributed by atoms with Gasteiger partial charge < -0.3 is 9.13 Å². The molecule has 0 bridgehead atoms. The first-order valence-electron chi connectivity index (χ1n) is 12.7. The lowest BCUT2D eigenvalue weighted by molar-refractivity contribution is 0.925. The maximum Gasteiger partial charge on any atom is 0.139 e. The highest BCUT2D eigenvalue weighted by Crippen LogP contribution is 2.37. The molecule has 0 radical (unpaired) electrons. The van der Waals surface area contributed by atoms with Gasteiger partial charge in [-0.3, -0.25) is 4.57 Å². The molecule has 0 aliphatic carbocycles. The summed E-state index contributed by atoms with van der Waals surface area (Å²) in [7, 11) is 2.03. The number of fused-ring (bicyclic) bond motifs is 6. The summed E-state index contributed by atoms with van der Waals surface area (Å²) in [5.41, 5.74) is 6.83. The number of imidazole rings is 1. The Morgan fingerprint density at radius 1 is 0.526 bits per heavy atom. The van der Waals surface area contributed by atoms with E-state index in [-0.39, 0.29) is 0 Å². The molecule has 38 heavy (non-hydrogen) atoms. The lowest BCUT2D eigenvalue weighted by Crippen LogP contribution is -1.98. The molecule has 4 heterocycles. The molecule has 8 aromatic rings. The van der Waals surface area contributed by atoms with E-state index in [0.717, 1.165) is 39.4 Å². The molecule has 0 atom stereocenters. The molecule has 0 aliphatic rings. The van der Waals surface area contributed by atoms with E-state index in [4.69, 9.17) is 4.98 Å². The Morgan fingerprint density at radius 2 is 1.18 bits per heavy atom. The van der Waals surface area contributed by atoms with Crippen molar-refractivity contribution in [2.75, 3.05) is 0 Å². The number of aryl methyl sites for hydroxylation is 1. The molecule has 0 unspecified atom stereocenters. The first kappa shape index (κ1) is 21.0. The van der Waals surface area contributed by atoms with Crippen molar-refractivity contribution < 1.29 is 0 Å². The first-order valence-corrected chi connectivity index (χ1v) is 12.7. The number of para-hydroxylation sites is 2. The lowest BCUT2D eigenvalue weighted by Gasteiger charge is -2.11. The number of hydrogen-bond acceptors (Lipinski definition) is 2. The number of pyridine rings is 1. The van der Waals surface area contributed by atoms with Gasteiger partial charge in [-0.25, -0.2) is 9.97 Å². The van der Waals surface area contributed by atoms with Crippen molar-refractivity contribution >= 4 is 43.6 Å². The predicted octanol–water partition coefficient (Wildman–Crippen LogP) is 7.68. The van der Waals surface area contributed by atoms with E-state index in [0.29, 0.717) is 0 Å². The molecule has 0 saturated heterocycles. The van der Waals surface area contributed by atoms with Gasteiger partial charge in [0.2, 0.25) is 0 Å². The molecule has 4 aromatic heterocycles. The van der Waals surface area contributed by atoms with Gasteiger partial charge in [-0.1, -0.05) is 60.7 Å². The quantitative estimate of drug-likeness (QED) is 0.255. The minimum atomic E-state index is 0.912. The van der Waals surface area contributed by atoms with Crippen LogP contribution in [0, 0.1) is 0 Å². The van der Waals surface area contributed by atoms with Crippen LogP contribution in [0.25, 0.3) is 66.5 Å². The summed E-state index contributed by atoms with van der Waals surface area (Å²) in [4.78, 5) is 9.31. The van der Waals surface area contributed by atoms with E-state index in [1.54, 1.807) is 0 Å². The third-order valence-electron chi connectivity index (χ3n) is 7.55. The smallest absolute Gasteiger partial charge is 0.139 e. The van der Waals surface area contributed by atoms with Crippen LogP contribution in [0.3, 0.4) is 0 Å². The predicted molar refractivity (Wildman–Crippen MR) is 155 cm³/mol. The third kappa shape index (κ3) is 2.93. The van der Waals surface area contributed by atoms with Crippen LogP contribution >= 0.6 is 0 Å². The summed E-state index contributed by atoms with van der Waals surface area (Å²) in [6.07, 6.45) is 5.69. The molecule has 0 amide bonds. The summed E-state index contributed by atoms with van der Waals surface area (Å²) >= 11 is 0. The van der Waals surface area contributed by atoms with E-state index in [9.17, 15) is 0 Å². The first-order chi connectivity index (χ1) is 18.8. The van der Waals surface area contributed by atoms with Crippen molar-refractivity contribution in [1.82, 2.24) is 23.7 Å². The summed E-state index contributed by atoms with van der Waals surface area (Å²) in [6, 6.07) is 36.7. The Kier molecular flexibility index (Phi) is 4.37. The highest BCUT2D eigenvalue weighted by atomic mass is 15.1. The average Bonchev–Trinajstić information content (AvgIpc) is 3.64. The van der Waals surface area contributed by atoms with E-state index in [2.05, 4.69) is 110 Å². The topological polar surface area (TPSA) is 40.6 Å². The fraction of sp³-hybridized carbons (Fsp3) is 0.0303. The van der Waals surface area contributed by atoms with E-state index >= 15 is 0 Å². The SMILES string of the molecule is Cn1ccnc1-c1ccc2c3ccccc3n(-c3ccc4c5ccccc5n(-c5ccccn5)c4c3)c2c1. The van der Waals surface area contributed by atoms with Gasteiger partial charge in [0.05, 0.1) is 22.1 Å². The van der Waals surface area contributed by atoms with Gasteiger partial charge in [0, 0.05) is 58.4 Å². The van der Waals surface area contributed by atoms with Crippen molar-refractivity contribution in [2.24, 2.45) is 7.05 Å². The van der Waals surface area contributed by atoms with Crippen LogP contribution in [-0.4, -0.2) is 23.7 Å². The Labute approximate surface area is 218 Å². The van der Waals surface area contributed by atoms with Crippen molar-refractivity contribution in [2.45, 2.75) is 0 Å². The third-order valence-corrected chi connectivity index (χ3v) is 7.55. The van der Waals surface area contributed by atoms with Crippen LogP contribution < -0.4 is 0 Å². The zero-order valence-corrected chi connectivity index (χ0v) is 20.8. The lowest BCUT2D eigenvalue weighted by atomic mass is 10.1. The Morgan fingerprint density at radius 3 is 1.89 bits per heavy atom. The standard InChI is InChI=1S/C33H23N5/c1-36-19-18-35-33(36)22-13-15-26-24-8-2-4-10-28(24)37(30(26)20-22)23-14-16-27-25-9-3-5-11-29(25)38(31(27)21-23)32-12-6-7-17-34-32/h2-21H,1H3. The van der Waals surface area contributed by atoms with Crippen molar-refractivity contribution in [3.63, 3.8) is 0 Å².